The van der Waals surface area contributed by atoms with Crippen LogP contribution in [0.15, 0.2) is 0 Å². The maximum Gasteiger partial charge on any atom is 0.220 e. The smallest absolute Gasteiger partial charge is 0.220 e. The second-order valence-corrected chi connectivity index (χ2v) is 4.74. The topological polar surface area (TPSA) is 38.3 Å². The van der Waals surface area contributed by atoms with E-state index < -0.39 is 0 Å². The molecule has 1 saturated carbocycles. The molecule has 1 rings (SSSR count). The zero-order chi connectivity index (χ0) is 11.6. The van der Waals surface area contributed by atoms with Crippen molar-refractivity contribution < 1.29 is 9.53 Å². The number of carbonyl (C=O) groups excluding carboxylic acids is 1. The Hall–Kier alpha value is -0.570. The lowest BCUT2D eigenvalue weighted by atomic mass is 9.86. The summed E-state index contributed by atoms with van der Waals surface area (Å²) >= 11 is 0. The summed E-state index contributed by atoms with van der Waals surface area (Å²) in [7, 11) is 1.69. The van der Waals surface area contributed by atoms with E-state index in [9.17, 15) is 4.79 Å². The predicted octanol–water partition coefficient (Wildman–Crippen LogP) is 2.50. The van der Waals surface area contributed by atoms with E-state index in [2.05, 4.69) is 5.32 Å². The van der Waals surface area contributed by atoms with Crippen molar-refractivity contribution in [1.29, 1.82) is 0 Å². The van der Waals surface area contributed by atoms with Gasteiger partial charge in [-0.05, 0) is 18.8 Å². The van der Waals surface area contributed by atoms with E-state index in [4.69, 9.17) is 4.74 Å². The Morgan fingerprint density at radius 2 is 2.06 bits per heavy atom. The standard InChI is InChI=1S/C13H25NO2/c1-16-11-5-10-14-13(15)9-8-12-6-3-2-4-7-12/h12H,2-11H2,1H3,(H,14,15). The molecule has 94 valence electrons. The molecule has 0 aromatic rings. The van der Waals surface area contributed by atoms with Crippen LogP contribution in [-0.2, 0) is 9.53 Å². The molecule has 3 heteroatoms. The summed E-state index contributed by atoms with van der Waals surface area (Å²) in [5.41, 5.74) is 0. The summed E-state index contributed by atoms with van der Waals surface area (Å²) in [5, 5.41) is 2.94. The van der Waals surface area contributed by atoms with Gasteiger partial charge in [0.15, 0.2) is 0 Å². The van der Waals surface area contributed by atoms with Crippen molar-refractivity contribution in [3.63, 3.8) is 0 Å². The number of carbonyl (C=O) groups is 1. The van der Waals surface area contributed by atoms with Crippen LogP contribution in [0.2, 0.25) is 0 Å². The van der Waals surface area contributed by atoms with Crippen molar-refractivity contribution in [1.82, 2.24) is 5.32 Å². The molecule has 1 amide bonds. The molecule has 1 fully saturated rings. The van der Waals surface area contributed by atoms with Crippen LogP contribution in [0.25, 0.3) is 0 Å². The Morgan fingerprint density at radius 1 is 1.31 bits per heavy atom. The minimum Gasteiger partial charge on any atom is -0.385 e. The molecule has 0 spiro atoms. The number of ether oxygens (including phenoxy) is 1. The fraction of sp³-hybridized carbons (Fsp3) is 0.923. The van der Waals surface area contributed by atoms with Gasteiger partial charge in [-0.2, -0.15) is 0 Å². The molecule has 16 heavy (non-hydrogen) atoms. The van der Waals surface area contributed by atoms with Gasteiger partial charge in [0, 0.05) is 26.7 Å². The molecule has 0 aromatic carbocycles. The van der Waals surface area contributed by atoms with Gasteiger partial charge in [-0.3, -0.25) is 4.79 Å². The molecule has 3 nitrogen and oxygen atoms in total. The molecule has 1 N–H and O–H groups in total. The highest BCUT2D eigenvalue weighted by Gasteiger charge is 2.14. The Kier molecular flexibility index (Phi) is 7.23. The molecule has 0 bridgehead atoms. The van der Waals surface area contributed by atoms with Crippen molar-refractivity contribution in [3.05, 3.63) is 0 Å². The number of hydrogen-bond acceptors (Lipinski definition) is 2. The third-order valence-corrected chi connectivity index (χ3v) is 3.35. The molecular weight excluding hydrogens is 202 g/mol. The first-order valence-electron chi connectivity index (χ1n) is 6.58. The van der Waals surface area contributed by atoms with Gasteiger partial charge in [-0.15, -0.1) is 0 Å². The van der Waals surface area contributed by atoms with Gasteiger partial charge in [0.1, 0.15) is 0 Å². The highest BCUT2D eigenvalue weighted by atomic mass is 16.5. The second-order valence-electron chi connectivity index (χ2n) is 4.74. The Balaban J connectivity index is 1.96. The Labute approximate surface area is 98.9 Å². The molecule has 0 aromatic heterocycles. The molecule has 0 saturated heterocycles. The van der Waals surface area contributed by atoms with E-state index in [1.807, 2.05) is 0 Å². The zero-order valence-corrected chi connectivity index (χ0v) is 10.5. The van der Waals surface area contributed by atoms with E-state index >= 15 is 0 Å². The monoisotopic (exact) mass is 227 g/mol. The van der Waals surface area contributed by atoms with Crippen LogP contribution in [0.3, 0.4) is 0 Å². The lowest BCUT2D eigenvalue weighted by Gasteiger charge is -2.20. The fourth-order valence-corrected chi connectivity index (χ4v) is 2.34. The summed E-state index contributed by atoms with van der Waals surface area (Å²) in [5.74, 6) is 1.01. The third-order valence-electron chi connectivity index (χ3n) is 3.35. The number of amides is 1. The average molecular weight is 227 g/mol. The quantitative estimate of drug-likeness (QED) is 0.679. The number of rotatable bonds is 7. The van der Waals surface area contributed by atoms with Crippen LogP contribution < -0.4 is 5.32 Å². The van der Waals surface area contributed by atoms with Crippen molar-refractivity contribution in [2.24, 2.45) is 5.92 Å². The van der Waals surface area contributed by atoms with Crippen molar-refractivity contribution >= 4 is 5.91 Å². The number of hydrogen-bond donors (Lipinski definition) is 1. The minimum atomic E-state index is 0.210. The minimum absolute atomic E-state index is 0.210. The van der Waals surface area contributed by atoms with Gasteiger partial charge in [0.05, 0.1) is 0 Å². The highest BCUT2D eigenvalue weighted by molar-refractivity contribution is 5.75. The summed E-state index contributed by atoms with van der Waals surface area (Å²) in [6.45, 7) is 1.47. The van der Waals surface area contributed by atoms with Gasteiger partial charge < -0.3 is 10.1 Å². The fourth-order valence-electron chi connectivity index (χ4n) is 2.34. The van der Waals surface area contributed by atoms with Crippen molar-refractivity contribution in [2.75, 3.05) is 20.3 Å². The largest absolute Gasteiger partial charge is 0.385 e. The van der Waals surface area contributed by atoms with Crippen LogP contribution in [0, 0.1) is 5.92 Å². The third kappa shape index (κ3) is 6.11. The Morgan fingerprint density at radius 3 is 2.75 bits per heavy atom. The van der Waals surface area contributed by atoms with E-state index in [1.54, 1.807) is 7.11 Å². The van der Waals surface area contributed by atoms with Crippen molar-refractivity contribution in [2.45, 2.75) is 51.4 Å². The van der Waals surface area contributed by atoms with Crippen LogP contribution in [0.5, 0.6) is 0 Å². The Bertz CT molecular complexity index is 188. The van der Waals surface area contributed by atoms with Crippen LogP contribution in [-0.4, -0.2) is 26.2 Å². The SMILES string of the molecule is COCCCNC(=O)CCC1CCCCC1. The summed E-state index contributed by atoms with van der Waals surface area (Å²) in [6.07, 6.45) is 9.47. The molecule has 0 atom stereocenters. The molecule has 0 aliphatic heterocycles. The first kappa shape index (κ1) is 13.5. The van der Waals surface area contributed by atoms with Crippen molar-refractivity contribution in [3.8, 4) is 0 Å². The molecular formula is C13H25NO2. The van der Waals surface area contributed by atoms with E-state index in [0.29, 0.717) is 6.42 Å². The van der Waals surface area contributed by atoms with Gasteiger partial charge in [-0.25, -0.2) is 0 Å². The normalized spacial score (nSPS) is 17.3. The van der Waals surface area contributed by atoms with Gasteiger partial charge >= 0.3 is 0 Å². The van der Waals surface area contributed by atoms with E-state index in [1.165, 1.54) is 32.1 Å². The first-order valence-corrected chi connectivity index (χ1v) is 6.58. The van der Waals surface area contributed by atoms with Crippen LogP contribution >= 0.6 is 0 Å². The molecule has 0 unspecified atom stereocenters. The molecule has 0 heterocycles. The highest BCUT2D eigenvalue weighted by Crippen LogP contribution is 2.27. The van der Waals surface area contributed by atoms with Gasteiger partial charge in [0.25, 0.3) is 0 Å². The predicted molar refractivity (Wildman–Crippen MR) is 65.3 cm³/mol. The average Bonchev–Trinajstić information content (AvgIpc) is 2.33. The molecule has 0 radical (unpaired) electrons. The van der Waals surface area contributed by atoms with E-state index in [-0.39, 0.29) is 5.91 Å². The van der Waals surface area contributed by atoms with Crippen LogP contribution in [0.1, 0.15) is 51.4 Å². The summed E-state index contributed by atoms with van der Waals surface area (Å²) < 4.78 is 4.93. The molecule has 1 aliphatic carbocycles. The maximum absolute atomic E-state index is 11.5. The zero-order valence-electron chi connectivity index (χ0n) is 10.5. The lowest BCUT2D eigenvalue weighted by Crippen LogP contribution is -2.25. The summed E-state index contributed by atoms with van der Waals surface area (Å²) in [6, 6.07) is 0. The summed E-state index contributed by atoms with van der Waals surface area (Å²) in [4.78, 5) is 11.5. The lowest BCUT2D eigenvalue weighted by molar-refractivity contribution is -0.121. The second kappa shape index (κ2) is 8.57. The first-order chi connectivity index (χ1) is 7.83. The number of nitrogens with one attached hydrogen (secondary N) is 1. The number of methoxy groups -OCH3 is 1. The van der Waals surface area contributed by atoms with Crippen LogP contribution in [0.4, 0.5) is 0 Å². The van der Waals surface area contributed by atoms with E-state index in [0.717, 1.165) is 31.9 Å². The maximum atomic E-state index is 11.5. The van der Waals surface area contributed by atoms with Gasteiger partial charge in [0.2, 0.25) is 5.91 Å². The molecule has 1 aliphatic rings. The van der Waals surface area contributed by atoms with Gasteiger partial charge in [-0.1, -0.05) is 32.1 Å².